The summed E-state index contributed by atoms with van der Waals surface area (Å²) < 4.78 is 21.0. The van der Waals surface area contributed by atoms with Gasteiger partial charge in [-0.3, -0.25) is 29.0 Å². The van der Waals surface area contributed by atoms with E-state index in [1.807, 2.05) is 6.92 Å². The first-order chi connectivity index (χ1) is 19.2. The van der Waals surface area contributed by atoms with Crippen LogP contribution < -0.4 is 20.9 Å². The fraction of sp³-hybridized carbons (Fsp3) is 0.556. The molecule has 14 heteroatoms. The molecule has 1 fully saturated rings. The molecule has 13 nitrogen and oxygen atoms in total. The van der Waals surface area contributed by atoms with Gasteiger partial charge in [0.05, 0.1) is 6.10 Å². The highest BCUT2D eigenvalue weighted by molar-refractivity contribution is 7.46. The van der Waals surface area contributed by atoms with Crippen molar-refractivity contribution >= 4 is 37.0 Å². The van der Waals surface area contributed by atoms with Gasteiger partial charge in [0.2, 0.25) is 23.6 Å². The van der Waals surface area contributed by atoms with Crippen molar-refractivity contribution in [3.05, 3.63) is 35.9 Å². The molecule has 0 bridgehead atoms. The SMILES string of the molecule is CCCC[C@H](NC(=O)/C=C(\C)c1ccc(OP(=O)(O)O)cc1)C(=O)N1C[C@H](OC)C[C@H]1C(=O)N[C@H](C)CCC(N)=O. The van der Waals surface area contributed by atoms with E-state index in [1.165, 1.54) is 30.2 Å². The van der Waals surface area contributed by atoms with Crippen molar-refractivity contribution in [2.75, 3.05) is 13.7 Å². The van der Waals surface area contributed by atoms with Crippen LogP contribution in [0.3, 0.4) is 0 Å². The molecule has 4 amide bonds. The summed E-state index contributed by atoms with van der Waals surface area (Å²) >= 11 is 0. The van der Waals surface area contributed by atoms with Gasteiger partial charge in [-0.05, 0) is 50.0 Å². The molecule has 1 aromatic rings. The van der Waals surface area contributed by atoms with Gasteiger partial charge in [-0.25, -0.2) is 4.57 Å². The third kappa shape index (κ3) is 11.3. The van der Waals surface area contributed by atoms with Gasteiger partial charge in [0.25, 0.3) is 0 Å². The Morgan fingerprint density at radius 1 is 1.17 bits per heavy atom. The quantitative estimate of drug-likeness (QED) is 0.148. The highest BCUT2D eigenvalue weighted by Gasteiger charge is 2.42. The number of primary amides is 1. The van der Waals surface area contributed by atoms with Crippen molar-refractivity contribution in [2.24, 2.45) is 5.73 Å². The normalized spacial score (nSPS) is 18.9. The number of phosphoric acid groups is 1. The molecule has 228 valence electrons. The third-order valence-corrected chi connectivity index (χ3v) is 7.19. The second kappa shape index (κ2) is 15.7. The van der Waals surface area contributed by atoms with Crippen LogP contribution in [0.15, 0.2) is 30.3 Å². The van der Waals surface area contributed by atoms with Gasteiger partial charge in [0.15, 0.2) is 0 Å². The summed E-state index contributed by atoms with van der Waals surface area (Å²) in [7, 11) is -3.18. The van der Waals surface area contributed by atoms with Crippen LogP contribution in [-0.2, 0) is 28.5 Å². The van der Waals surface area contributed by atoms with E-state index in [1.54, 1.807) is 26.0 Å². The number of unbranched alkanes of at least 4 members (excludes halogenated alkanes) is 1. The van der Waals surface area contributed by atoms with Crippen molar-refractivity contribution in [1.82, 2.24) is 15.5 Å². The first kappa shape index (κ1) is 34.0. The summed E-state index contributed by atoms with van der Waals surface area (Å²) in [6.45, 7) is 5.60. The molecular formula is C27H41N4O9P. The van der Waals surface area contributed by atoms with E-state index in [0.717, 1.165) is 6.42 Å². The van der Waals surface area contributed by atoms with Gasteiger partial charge in [0.1, 0.15) is 17.8 Å². The number of benzene rings is 1. The smallest absolute Gasteiger partial charge is 0.404 e. The van der Waals surface area contributed by atoms with E-state index in [9.17, 15) is 23.7 Å². The first-order valence-corrected chi connectivity index (χ1v) is 15.0. The molecule has 6 N–H and O–H groups in total. The highest BCUT2D eigenvalue weighted by atomic mass is 31.2. The van der Waals surface area contributed by atoms with Gasteiger partial charge in [0, 0.05) is 38.6 Å². The van der Waals surface area contributed by atoms with E-state index in [0.29, 0.717) is 36.8 Å². The van der Waals surface area contributed by atoms with Crippen LogP contribution >= 0.6 is 7.82 Å². The topological polar surface area (TPSA) is 198 Å². The second-order valence-corrected chi connectivity index (χ2v) is 11.3. The number of carbonyl (C=O) groups excluding carboxylic acids is 4. The fourth-order valence-electron chi connectivity index (χ4n) is 4.51. The van der Waals surface area contributed by atoms with Crippen molar-refractivity contribution in [3.63, 3.8) is 0 Å². The molecule has 0 saturated carbocycles. The van der Waals surface area contributed by atoms with Crippen LogP contribution in [-0.4, -0.2) is 76.2 Å². The Hall–Kier alpha value is -3.25. The monoisotopic (exact) mass is 596 g/mol. The Balaban J connectivity index is 2.16. The third-order valence-electron chi connectivity index (χ3n) is 6.74. The molecule has 41 heavy (non-hydrogen) atoms. The summed E-state index contributed by atoms with van der Waals surface area (Å²) in [5.74, 6) is -1.74. The Morgan fingerprint density at radius 3 is 2.39 bits per heavy atom. The van der Waals surface area contributed by atoms with Gasteiger partial charge in [-0.15, -0.1) is 0 Å². The maximum atomic E-state index is 13.7. The molecule has 1 aromatic carbocycles. The predicted octanol–water partition coefficient (Wildman–Crippen LogP) is 1.62. The molecule has 0 aliphatic carbocycles. The number of hydrogen-bond acceptors (Lipinski definition) is 7. The predicted molar refractivity (Wildman–Crippen MR) is 151 cm³/mol. The fourth-order valence-corrected chi connectivity index (χ4v) is 4.90. The van der Waals surface area contributed by atoms with Gasteiger partial charge >= 0.3 is 7.82 Å². The number of phosphoric ester groups is 1. The minimum Gasteiger partial charge on any atom is -0.404 e. The lowest BCUT2D eigenvalue weighted by Gasteiger charge is -2.29. The lowest BCUT2D eigenvalue weighted by Crippen LogP contribution is -2.54. The van der Waals surface area contributed by atoms with Crippen LogP contribution in [0.4, 0.5) is 0 Å². The van der Waals surface area contributed by atoms with Crippen molar-refractivity contribution in [3.8, 4) is 5.75 Å². The van der Waals surface area contributed by atoms with E-state index < -0.39 is 31.7 Å². The van der Waals surface area contributed by atoms with E-state index in [-0.39, 0.29) is 42.7 Å². The Labute approximate surface area is 240 Å². The minimum atomic E-state index is -4.69. The number of carbonyl (C=O) groups is 4. The maximum absolute atomic E-state index is 13.7. The number of ether oxygens (including phenoxy) is 1. The number of amides is 4. The lowest BCUT2D eigenvalue weighted by molar-refractivity contribution is -0.141. The highest BCUT2D eigenvalue weighted by Crippen LogP contribution is 2.37. The Morgan fingerprint density at radius 2 is 1.83 bits per heavy atom. The van der Waals surface area contributed by atoms with Crippen LogP contribution in [0.5, 0.6) is 5.75 Å². The second-order valence-electron chi connectivity index (χ2n) is 10.2. The van der Waals surface area contributed by atoms with Gasteiger partial charge in [-0.1, -0.05) is 31.9 Å². The standard InChI is InChI=1S/C27H41N4O9P/c1-5-6-7-22(30-25(33)14-17(2)19-9-11-20(12-10-19)40-41(36,37)38)27(35)31-16-21(39-4)15-23(31)26(34)29-18(3)8-13-24(28)32/h9-12,14,18,21-23H,5-8,13,15-16H2,1-4H3,(H2,28,32)(H,29,34)(H,30,33)(H2,36,37,38)/b17-14+/t18-,21-,22+,23+/m1/s1. The number of hydrogen-bond donors (Lipinski definition) is 5. The maximum Gasteiger partial charge on any atom is 0.524 e. The number of methoxy groups -OCH3 is 1. The molecule has 0 spiro atoms. The molecule has 1 aliphatic rings. The number of nitrogens with two attached hydrogens (primary N) is 1. The number of nitrogens with one attached hydrogen (secondary N) is 2. The largest absolute Gasteiger partial charge is 0.524 e. The molecule has 1 aliphatic heterocycles. The van der Waals surface area contributed by atoms with Crippen molar-refractivity contribution in [2.45, 2.75) is 83.5 Å². The van der Waals surface area contributed by atoms with E-state index in [4.69, 9.17) is 20.3 Å². The van der Waals surface area contributed by atoms with Crippen molar-refractivity contribution in [1.29, 1.82) is 0 Å². The molecule has 4 atom stereocenters. The molecule has 0 radical (unpaired) electrons. The summed E-state index contributed by atoms with van der Waals surface area (Å²) in [6, 6.07) is 3.85. The van der Waals surface area contributed by atoms with Crippen LogP contribution in [0.2, 0.25) is 0 Å². The van der Waals surface area contributed by atoms with Crippen LogP contribution in [0.25, 0.3) is 5.57 Å². The number of nitrogens with zero attached hydrogens (tertiary/aromatic N) is 1. The zero-order chi connectivity index (χ0) is 30.7. The average Bonchev–Trinajstić information content (AvgIpc) is 3.33. The molecule has 0 unspecified atom stereocenters. The van der Waals surface area contributed by atoms with E-state index in [2.05, 4.69) is 15.2 Å². The molecule has 2 rings (SSSR count). The summed E-state index contributed by atoms with van der Waals surface area (Å²) in [6.07, 6.45) is 3.61. The lowest BCUT2D eigenvalue weighted by atomic mass is 10.1. The number of likely N-dealkylation sites (tertiary alicyclic amines) is 1. The van der Waals surface area contributed by atoms with Gasteiger partial charge < -0.3 is 30.5 Å². The average molecular weight is 597 g/mol. The van der Waals surface area contributed by atoms with E-state index >= 15 is 0 Å². The Kier molecular flexibility index (Phi) is 13.0. The zero-order valence-corrected chi connectivity index (χ0v) is 24.8. The molecular weight excluding hydrogens is 555 g/mol. The van der Waals surface area contributed by atoms with Gasteiger partial charge in [-0.2, -0.15) is 0 Å². The first-order valence-electron chi connectivity index (χ1n) is 13.5. The number of rotatable bonds is 15. The summed E-state index contributed by atoms with van der Waals surface area (Å²) in [5, 5.41) is 5.62. The number of allylic oxidation sites excluding steroid dienone is 1. The summed E-state index contributed by atoms with van der Waals surface area (Å²) in [5.41, 5.74) is 6.36. The van der Waals surface area contributed by atoms with Crippen LogP contribution in [0.1, 0.15) is 64.9 Å². The van der Waals surface area contributed by atoms with Crippen molar-refractivity contribution < 1.29 is 42.8 Å². The molecule has 1 saturated heterocycles. The van der Waals surface area contributed by atoms with Crippen LogP contribution in [0, 0.1) is 0 Å². The molecule has 0 aromatic heterocycles. The summed E-state index contributed by atoms with van der Waals surface area (Å²) in [4.78, 5) is 70.2. The zero-order valence-electron chi connectivity index (χ0n) is 23.9. The molecule has 1 heterocycles. The Bertz CT molecular complexity index is 1150. The minimum absolute atomic E-state index is 0.0228.